The summed E-state index contributed by atoms with van der Waals surface area (Å²) in [5.74, 6) is 0.0531. The first kappa shape index (κ1) is 17.1. The summed E-state index contributed by atoms with van der Waals surface area (Å²) in [5, 5.41) is 8.86. The number of hydrogen-bond acceptors (Lipinski definition) is 5. The number of hydroxylamine groups is 1. The Morgan fingerprint density at radius 3 is 2.81 bits per heavy atom. The molecule has 6 heteroatoms. The van der Waals surface area contributed by atoms with Crippen molar-refractivity contribution < 1.29 is 14.7 Å². The van der Waals surface area contributed by atoms with Gasteiger partial charge in [0.2, 0.25) is 0 Å². The summed E-state index contributed by atoms with van der Waals surface area (Å²) in [6.07, 6.45) is 3.38. The fourth-order valence-corrected chi connectivity index (χ4v) is 3.77. The maximum Gasteiger partial charge on any atom is 0.276 e. The first-order valence-electron chi connectivity index (χ1n) is 9.01. The van der Waals surface area contributed by atoms with Gasteiger partial charge >= 0.3 is 0 Å². The standard InChI is InChI=1S/C20H23N3O3/c24-20(22-25)16-7-17-11-23(10-15-12-26-13-15)18(8-19(17)21-9-16)6-14-4-2-1-3-5-14/h1-5,7,9,15,18,25H,6,8,10-13H2,(H,22,24)/t18-/m1/s1. The number of rotatable bonds is 5. The third-order valence-corrected chi connectivity index (χ3v) is 5.26. The van der Waals surface area contributed by atoms with Crippen molar-refractivity contribution in [3.63, 3.8) is 0 Å². The number of hydrogen-bond donors (Lipinski definition) is 2. The molecule has 0 spiro atoms. The van der Waals surface area contributed by atoms with Crippen molar-refractivity contribution in [2.75, 3.05) is 19.8 Å². The topological polar surface area (TPSA) is 74.7 Å². The van der Waals surface area contributed by atoms with E-state index in [1.54, 1.807) is 11.7 Å². The van der Waals surface area contributed by atoms with Gasteiger partial charge in [-0.2, -0.15) is 0 Å². The summed E-state index contributed by atoms with van der Waals surface area (Å²) < 4.78 is 5.34. The Bertz CT molecular complexity index is 777. The molecule has 2 aromatic rings. The molecule has 2 aliphatic rings. The molecular formula is C20H23N3O3. The molecule has 26 heavy (non-hydrogen) atoms. The van der Waals surface area contributed by atoms with E-state index in [-0.39, 0.29) is 0 Å². The van der Waals surface area contributed by atoms with Gasteiger partial charge in [-0.15, -0.1) is 0 Å². The molecule has 0 aliphatic carbocycles. The molecule has 2 N–H and O–H groups in total. The molecule has 1 amide bonds. The van der Waals surface area contributed by atoms with Crippen molar-refractivity contribution in [2.24, 2.45) is 5.92 Å². The Balaban J connectivity index is 1.57. The van der Waals surface area contributed by atoms with E-state index in [4.69, 9.17) is 9.94 Å². The van der Waals surface area contributed by atoms with E-state index in [0.717, 1.165) is 50.4 Å². The first-order chi connectivity index (χ1) is 12.7. The number of nitrogens with one attached hydrogen (secondary N) is 1. The molecule has 0 saturated carbocycles. The van der Waals surface area contributed by atoms with E-state index >= 15 is 0 Å². The number of nitrogens with zero attached hydrogens (tertiary/aromatic N) is 2. The van der Waals surface area contributed by atoms with Crippen LogP contribution in [0.15, 0.2) is 42.6 Å². The Hall–Kier alpha value is -2.28. The summed E-state index contributed by atoms with van der Waals surface area (Å²) in [5.41, 5.74) is 5.51. The second-order valence-electron chi connectivity index (χ2n) is 7.15. The number of pyridine rings is 1. The van der Waals surface area contributed by atoms with Gasteiger partial charge in [-0.25, -0.2) is 5.48 Å². The van der Waals surface area contributed by atoms with Crippen LogP contribution in [0.1, 0.15) is 27.2 Å². The fraction of sp³-hybridized carbons (Fsp3) is 0.400. The maximum atomic E-state index is 11.7. The molecule has 1 saturated heterocycles. The molecule has 2 aliphatic heterocycles. The number of ether oxygens (including phenoxy) is 1. The zero-order chi connectivity index (χ0) is 17.9. The lowest BCUT2D eigenvalue weighted by molar-refractivity contribution is -0.0542. The Morgan fingerprint density at radius 2 is 2.12 bits per heavy atom. The van der Waals surface area contributed by atoms with Gasteiger partial charge in [-0.05, 0) is 23.6 Å². The molecule has 6 nitrogen and oxygen atoms in total. The molecule has 3 heterocycles. The third-order valence-electron chi connectivity index (χ3n) is 5.26. The van der Waals surface area contributed by atoms with Crippen LogP contribution in [0, 0.1) is 5.92 Å². The highest BCUT2D eigenvalue weighted by Gasteiger charge is 2.31. The fourth-order valence-electron chi connectivity index (χ4n) is 3.77. The highest BCUT2D eigenvalue weighted by Crippen LogP contribution is 2.27. The van der Waals surface area contributed by atoms with Crippen LogP contribution < -0.4 is 5.48 Å². The van der Waals surface area contributed by atoms with Gasteiger partial charge in [0.15, 0.2) is 0 Å². The van der Waals surface area contributed by atoms with E-state index in [1.165, 1.54) is 5.56 Å². The number of carbonyl (C=O) groups is 1. The van der Waals surface area contributed by atoms with Crippen LogP contribution in [-0.4, -0.2) is 46.8 Å². The molecular weight excluding hydrogens is 330 g/mol. The van der Waals surface area contributed by atoms with E-state index in [0.29, 0.717) is 17.5 Å². The highest BCUT2D eigenvalue weighted by molar-refractivity contribution is 5.93. The predicted molar refractivity (Wildman–Crippen MR) is 95.8 cm³/mol. The van der Waals surface area contributed by atoms with Crippen molar-refractivity contribution in [2.45, 2.75) is 25.4 Å². The highest BCUT2D eigenvalue weighted by atomic mass is 16.5. The van der Waals surface area contributed by atoms with Gasteiger partial charge in [0, 0.05) is 43.4 Å². The number of aromatic nitrogens is 1. The quantitative estimate of drug-likeness (QED) is 0.633. The van der Waals surface area contributed by atoms with E-state index in [1.807, 2.05) is 12.1 Å². The van der Waals surface area contributed by atoms with Crippen LogP contribution in [0.25, 0.3) is 0 Å². The van der Waals surface area contributed by atoms with Crippen molar-refractivity contribution in [3.8, 4) is 0 Å². The molecule has 0 bridgehead atoms. The summed E-state index contributed by atoms with van der Waals surface area (Å²) >= 11 is 0. The molecule has 136 valence electrons. The maximum absolute atomic E-state index is 11.7. The number of amides is 1. The number of fused-ring (bicyclic) bond motifs is 1. The smallest absolute Gasteiger partial charge is 0.276 e. The van der Waals surface area contributed by atoms with Gasteiger partial charge in [-0.3, -0.25) is 19.9 Å². The predicted octanol–water partition coefficient (Wildman–Crippen LogP) is 1.82. The number of carbonyl (C=O) groups excluding carboxylic acids is 1. The minimum absolute atomic E-state index is 0.385. The molecule has 1 aromatic heterocycles. The average molecular weight is 353 g/mol. The van der Waals surface area contributed by atoms with Gasteiger partial charge in [-0.1, -0.05) is 30.3 Å². The zero-order valence-corrected chi connectivity index (χ0v) is 14.6. The van der Waals surface area contributed by atoms with Crippen molar-refractivity contribution in [3.05, 3.63) is 65.0 Å². The Morgan fingerprint density at radius 1 is 1.31 bits per heavy atom. The summed E-state index contributed by atoms with van der Waals surface area (Å²) in [4.78, 5) is 18.7. The second kappa shape index (κ2) is 7.53. The van der Waals surface area contributed by atoms with E-state index in [9.17, 15) is 4.79 Å². The molecule has 4 rings (SSSR count). The van der Waals surface area contributed by atoms with Crippen LogP contribution in [0.3, 0.4) is 0 Å². The third kappa shape index (κ3) is 3.62. The molecule has 0 radical (unpaired) electrons. The van der Waals surface area contributed by atoms with Crippen molar-refractivity contribution >= 4 is 5.91 Å². The molecule has 1 fully saturated rings. The van der Waals surface area contributed by atoms with Gasteiger partial charge in [0.1, 0.15) is 0 Å². The first-order valence-corrected chi connectivity index (χ1v) is 9.01. The lowest BCUT2D eigenvalue weighted by Gasteiger charge is -2.40. The van der Waals surface area contributed by atoms with Crippen molar-refractivity contribution in [1.82, 2.24) is 15.4 Å². The Labute approximate surface area is 152 Å². The van der Waals surface area contributed by atoms with E-state index < -0.39 is 5.91 Å². The lowest BCUT2D eigenvalue weighted by Crippen LogP contribution is -2.48. The van der Waals surface area contributed by atoms with Crippen LogP contribution >= 0.6 is 0 Å². The summed E-state index contributed by atoms with van der Waals surface area (Å²) in [6, 6.07) is 12.8. The average Bonchev–Trinajstić information content (AvgIpc) is 2.64. The zero-order valence-electron chi connectivity index (χ0n) is 14.6. The van der Waals surface area contributed by atoms with E-state index in [2.05, 4.69) is 34.1 Å². The molecule has 0 unspecified atom stereocenters. The largest absolute Gasteiger partial charge is 0.381 e. The molecule has 1 aromatic carbocycles. The van der Waals surface area contributed by atoms with Crippen molar-refractivity contribution in [1.29, 1.82) is 0 Å². The number of benzene rings is 1. The SMILES string of the molecule is O=C(NO)c1cnc2c(c1)CN(CC1COC1)[C@H](Cc1ccccc1)C2. The van der Waals surface area contributed by atoms with Gasteiger partial charge in [0.25, 0.3) is 5.91 Å². The van der Waals surface area contributed by atoms with Crippen LogP contribution in [-0.2, 0) is 24.1 Å². The normalized spacial score (nSPS) is 20.3. The van der Waals surface area contributed by atoms with Crippen LogP contribution in [0.4, 0.5) is 0 Å². The monoisotopic (exact) mass is 353 g/mol. The van der Waals surface area contributed by atoms with Gasteiger partial charge in [0.05, 0.1) is 18.8 Å². The lowest BCUT2D eigenvalue weighted by atomic mass is 9.91. The Kier molecular flexibility index (Phi) is 4.97. The van der Waals surface area contributed by atoms with Crippen LogP contribution in [0.5, 0.6) is 0 Å². The minimum atomic E-state index is -0.523. The minimum Gasteiger partial charge on any atom is -0.381 e. The molecule has 1 atom stereocenters. The second-order valence-corrected chi connectivity index (χ2v) is 7.15. The van der Waals surface area contributed by atoms with Crippen LogP contribution in [0.2, 0.25) is 0 Å². The summed E-state index contributed by atoms with van der Waals surface area (Å²) in [6.45, 7) is 3.41. The van der Waals surface area contributed by atoms with Gasteiger partial charge < -0.3 is 4.74 Å². The summed E-state index contributed by atoms with van der Waals surface area (Å²) in [7, 11) is 0.